The van der Waals surface area contributed by atoms with E-state index in [9.17, 15) is 9.59 Å². The van der Waals surface area contributed by atoms with Gasteiger partial charge in [-0.05, 0) is 55.6 Å². The van der Waals surface area contributed by atoms with Crippen LogP contribution in [-0.2, 0) is 9.53 Å². The van der Waals surface area contributed by atoms with Crippen LogP contribution in [0.4, 0.5) is 0 Å². The van der Waals surface area contributed by atoms with Crippen molar-refractivity contribution in [2.24, 2.45) is 23.2 Å². The topological polar surface area (TPSA) is 43.4 Å². The summed E-state index contributed by atoms with van der Waals surface area (Å²) in [5.41, 5.74) is 0.746. The molecule has 0 aromatic heterocycles. The van der Waals surface area contributed by atoms with Crippen molar-refractivity contribution in [1.29, 1.82) is 0 Å². The largest absolute Gasteiger partial charge is 0.458 e. The molecule has 1 unspecified atom stereocenters. The summed E-state index contributed by atoms with van der Waals surface area (Å²) in [6.45, 7) is 4.34. The second kappa shape index (κ2) is 6.46. The van der Waals surface area contributed by atoms with Crippen LogP contribution in [0, 0.1) is 23.2 Å². The zero-order chi connectivity index (χ0) is 16.4. The molecule has 0 spiro atoms. The Morgan fingerprint density at radius 1 is 1.26 bits per heavy atom. The Kier molecular flexibility index (Phi) is 4.56. The van der Waals surface area contributed by atoms with Crippen LogP contribution in [0.15, 0.2) is 30.3 Å². The second-order valence-corrected chi connectivity index (χ2v) is 7.49. The molecule has 0 saturated heterocycles. The molecule has 0 heterocycles. The van der Waals surface area contributed by atoms with E-state index < -0.39 is 0 Å². The summed E-state index contributed by atoms with van der Waals surface area (Å²) in [4.78, 5) is 23.7. The molecule has 0 bridgehead atoms. The van der Waals surface area contributed by atoms with Gasteiger partial charge in [-0.1, -0.05) is 32.0 Å². The standard InChI is InChI=1S/C20H26O3/c1-14(13-21)16-10-11-17-18(9-6-12-20(16,17)2)23-19(22)15-7-4-3-5-8-15/h3-5,7-8,13-14,16-18H,6,9-12H2,1-2H3/t14?,16-,17+,18+,20-/m1/s1. The molecule has 2 aliphatic carbocycles. The Bertz CT molecular complexity index is 568. The molecule has 2 aliphatic rings. The third kappa shape index (κ3) is 2.93. The quantitative estimate of drug-likeness (QED) is 0.616. The summed E-state index contributed by atoms with van der Waals surface area (Å²) >= 11 is 0. The number of ether oxygens (including phenoxy) is 1. The summed E-state index contributed by atoms with van der Waals surface area (Å²) in [5.74, 6) is 0.680. The van der Waals surface area contributed by atoms with E-state index in [0.29, 0.717) is 17.4 Å². The predicted octanol–water partition coefficient (Wildman–Crippen LogP) is 4.26. The normalized spacial score (nSPS) is 34.4. The molecule has 1 aromatic rings. The van der Waals surface area contributed by atoms with Crippen LogP contribution in [0.5, 0.6) is 0 Å². The highest BCUT2D eigenvalue weighted by molar-refractivity contribution is 5.89. The summed E-state index contributed by atoms with van der Waals surface area (Å²) in [7, 11) is 0. The molecule has 0 radical (unpaired) electrons. The first kappa shape index (κ1) is 16.2. The summed E-state index contributed by atoms with van der Waals surface area (Å²) in [6.07, 6.45) is 6.37. The number of hydrogen-bond acceptors (Lipinski definition) is 3. The van der Waals surface area contributed by atoms with Gasteiger partial charge < -0.3 is 9.53 Å². The van der Waals surface area contributed by atoms with Gasteiger partial charge in [-0.25, -0.2) is 4.79 Å². The molecule has 3 nitrogen and oxygen atoms in total. The molecular formula is C20H26O3. The minimum absolute atomic E-state index is 0.00897. The zero-order valence-electron chi connectivity index (χ0n) is 14.0. The van der Waals surface area contributed by atoms with Crippen molar-refractivity contribution in [3.63, 3.8) is 0 Å². The smallest absolute Gasteiger partial charge is 0.338 e. The van der Waals surface area contributed by atoms with Gasteiger partial charge >= 0.3 is 5.97 Å². The van der Waals surface area contributed by atoms with E-state index in [-0.39, 0.29) is 23.4 Å². The lowest BCUT2D eigenvalue weighted by molar-refractivity contribution is -0.114. The number of fused-ring (bicyclic) bond motifs is 1. The molecule has 5 atom stereocenters. The Labute approximate surface area is 138 Å². The highest BCUT2D eigenvalue weighted by atomic mass is 16.5. The van der Waals surface area contributed by atoms with Gasteiger partial charge in [0, 0.05) is 11.8 Å². The molecule has 2 saturated carbocycles. The fourth-order valence-corrected chi connectivity index (χ4v) is 5.04. The molecule has 23 heavy (non-hydrogen) atoms. The van der Waals surface area contributed by atoms with Gasteiger partial charge in [0.05, 0.1) is 5.56 Å². The molecule has 3 heteroatoms. The lowest BCUT2D eigenvalue weighted by atomic mass is 9.62. The van der Waals surface area contributed by atoms with Crippen molar-refractivity contribution < 1.29 is 14.3 Å². The third-order valence-corrected chi connectivity index (χ3v) is 6.25. The van der Waals surface area contributed by atoms with Crippen LogP contribution >= 0.6 is 0 Å². The van der Waals surface area contributed by atoms with Gasteiger partial charge in [0.2, 0.25) is 0 Å². The van der Waals surface area contributed by atoms with Crippen molar-refractivity contribution in [3.8, 4) is 0 Å². The summed E-state index contributed by atoms with van der Waals surface area (Å²) < 4.78 is 5.89. The molecule has 0 amide bonds. The van der Waals surface area contributed by atoms with Crippen LogP contribution in [-0.4, -0.2) is 18.4 Å². The number of aldehydes is 1. The van der Waals surface area contributed by atoms with Gasteiger partial charge in [0.25, 0.3) is 0 Å². The van der Waals surface area contributed by atoms with Crippen molar-refractivity contribution in [2.75, 3.05) is 0 Å². The van der Waals surface area contributed by atoms with Crippen LogP contribution in [0.25, 0.3) is 0 Å². The van der Waals surface area contributed by atoms with Crippen molar-refractivity contribution in [2.45, 2.75) is 52.1 Å². The SMILES string of the molecule is CC(C=O)[C@H]1CC[C@H]2[C@@H](OC(=O)c3ccccc3)CCC[C@]12C. The van der Waals surface area contributed by atoms with E-state index in [2.05, 4.69) is 6.92 Å². The van der Waals surface area contributed by atoms with E-state index in [4.69, 9.17) is 4.74 Å². The van der Waals surface area contributed by atoms with E-state index in [0.717, 1.165) is 38.4 Å². The summed E-state index contributed by atoms with van der Waals surface area (Å²) in [5, 5.41) is 0. The van der Waals surface area contributed by atoms with Crippen LogP contribution in [0.1, 0.15) is 56.3 Å². The van der Waals surface area contributed by atoms with Crippen LogP contribution in [0.2, 0.25) is 0 Å². The van der Waals surface area contributed by atoms with Crippen molar-refractivity contribution >= 4 is 12.3 Å². The fourth-order valence-electron chi connectivity index (χ4n) is 5.04. The van der Waals surface area contributed by atoms with Crippen LogP contribution < -0.4 is 0 Å². The molecule has 124 valence electrons. The maximum Gasteiger partial charge on any atom is 0.338 e. The molecule has 0 N–H and O–H groups in total. The second-order valence-electron chi connectivity index (χ2n) is 7.49. The molecule has 2 fully saturated rings. The van der Waals surface area contributed by atoms with E-state index >= 15 is 0 Å². The van der Waals surface area contributed by atoms with Crippen molar-refractivity contribution in [1.82, 2.24) is 0 Å². The van der Waals surface area contributed by atoms with Crippen molar-refractivity contribution in [3.05, 3.63) is 35.9 Å². The van der Waals surface area contributed by atoms with Crippen LogP contribution in [0.3, 0.4) is 0 Å². The highest BCUT2D eigenvalue weighted by Crippen LogP contribution is 2.58. The zero-order valence-corrected chi connectivity index (χ0v) is 14.0. The Morgan fingerprint density at radius 3 is 2.70 bits per heavy atom. The monoisotopic (exact) mass is 314 g/mol. The fraction of sp³-hybridized carbons (Fsp3) is 0.600. The lowest BCUT2D eigenvalue weighted by Gasteiger charge is -2.45. The maximum absolute atomic E-state index is 12.4. The predicted molar refractivity (Wildman–Crippen MR) is 89.0 cm³/mol. The Hall–Kier alpha value is -1.64. The van der Waals surface area contributed by atoms with Gasteiger partial charge in [-0.15, -0.1) is 0 Å². The molecule has 1 aromatic carbocycles. The Morgan fingerprint density at radius 2 is 2.00 bits per heavy atom. The van der Waals surface area contributed by atoms with Gasteiger partial charge in [0.15, 0.2) is 0 Å². The third-order valence-electron chi connectivity index (χ3n) is 6.25. The molecular weight excluding hydrogens is 288 g/mol. The molecule has 0 aliphatic heterocycles. The number of carbonyl (C=O) groups is 2. The average molecular weight is 314 g/mol. The number of hydrogen-bond donors (Lipinski definition) is 0. The lowest BCUT2D eigenvalue weighted by Crippen LogP contribution is -2.43. The number of esters is 1. The Balaban J connectivity index is 1.75. The first-order valence-corrected chi connectivity index (χ1v) is 8.77. The number of rotatable bonds is 4. The average Bonchev–Trinajstić information content (AvgIpc) is 2.93. The van der Waals surface area contributed by atoms with Gasteiger partial charge in [0.1, 0.15) is 12.4 Å². The summed E-state index contributed by atoms with van der Waals surface area (Å²) in [6, 6.07) is 9.22. The maximum atomic E-state index is 12.4. The minimum atomic E-state index is -0.216. The van der Waals surface area contributed by atoms with Gasteiger partial charge in [-0.3, -0.25) is 0 Å². The number of carbonyl (C=O) groups excluding carboxylic acids is 2. The van der Waals surface area contributed by atoms with E-state index in [1.54, 1.807) is 12.1 Å². The van der Waals surface area contributed by atoms with E-state index in [1.165, 1.54) is 0 Å². The first-order valence-electron chi connectivity index (χ1n) is 8.77. The molecule has 3 rings (SSSR count). The van der Waals surface area contributed by atoms with Gasteiger partial charge in [-0.2, -0.15) is 0 Å². The first-order chi connectivity index (χ1) is 11.1. The highest BCUT2D eigenvalue weighted by Gasteiger charge is 2.53. The minimum Gasteiger partial charge on any atom is -0.458 e. The number of benzene rings is 1. The van der Waals surface area contributed by atoms with E-state index in [1.807, 2.05) is 25.1 Å².